The van der Waals surface area contributed by atoms with Crippen molar-refractivity contribution in [3.63, 3.8) is 0 Å². The summed E-state index contributed by atoms with van der Waals surface area (Å²) in [5, 5.41) is 10.8. The molecule has 2 heteroatoms. The van der Waals surface area contributed by atoms with E-state index in [9.17, 15) is 5.11 Å². The molecule has 0 N–H and O–H groups in total. The first kappa shape index (κ1) is 9.30. The van der Waals surface area contributed by atoms with Crippen LogP contribution >= 0.6 is 0 Å². The summed E-state index contributed by atoms with van der Waals surface area (Å²) in [5.41, 5.74) is 0. The van der Waals surface area contributed by atoms with Gasteiger partial charge in [0.15, 0.2) is 0 Å². The van der Waals surface area contributed by atoms with Gasteiger partial charge in [-0.3, -0.25) is 0 Å². The summed E-state index contributed by atoms with van der Waals surface area (Å²) in [6.45, 7) is 1.90. The summed E-state index contributed by atoms with van der Waals surface area (Å²) in [7, 11) is 0. The molecule has 0 radical (unpaired) electrons. The Morgan fingerprint density at radius 1 is 1.56 bits per heavy atom. The zero-order valence-electron chi connectivity index (χ0n) is 6.13. The maximum Gasteiger partial charge on any atom is 1.00 e. The normalized spacial score (nSPS) is 21.6. The zero-order chi connectivity index (χ0) is 5.98. The van der Waals surface area contributed by atoms with Crippen molar-refractivity contribution in [1.29, 1.82) is 0 Å². The Bertz CT molecular complexity index is 97.1. The maximum absolute atomic E-state index is 10.8. The molecule has 0 unspecified atom stereocenters. The van der Waals surface area contributed by atoms with Crippen molar-refractivity contribution in [3.8, 4) is 0 Å². The molecule has 0 aromatic heterocycles. The molecule has 0 heterocycles. The topological polar surface area (TPSA) is 23.1 Å². The Morgan fingerprint density at radius 3 is 2.44 bits per heavy atom. The Morgan fingerprint density at radius 2 is 2.11 bits per heavy atom. The predicted molar refractivity (Wildman–Crippen MR) is 31.3 cm³/mol. The van der Waals surface area contributed by atoms with Gasteiger partial charge in [-0.05, 0) is 6.92 Å². The molecule has 0 aromatic rings. The molecule has 0 aromatic carbocycles. The van der Waals surface area contributed by atoms with Crippen LogP contribution in [0.2, 0.25) is 0 Å². The summed E-state index contributed by atoms with van der Waals surface area (Å²) < 4.78 is 0. The van der Waals surface area contributed by atoms with Gasteiger partial charge < -0.3 is 5.11 Å². The molecule has 46 valence electrons. The molecular weight excluding hydrogens is 107 g/mol. The second-order valence-corrected chi connectivity index (χ2v) is 2.33. The van der Waals surface area contributed by atoms with Crippen molar-refractivity contribution >= 4 is 0 Å². The van der Waals surface area contributed by atoms with Gasteiger partial charge >= 0.3 is 18.9 Å². The molecule has 1 aliphatic carbocycles. The first-order valence-corrected chi connectivity index (χ1v) is 3.13. The van der Waals surface area contributed by atoms with E-state index in [2.05, 4.69) is 0 Å². The average molecular weight is 118 g/mol. The van der Waals surface area contributed by atoms with E-state index in [-0.39, 0.29) is 18.9 Å². The predicted octanol–water partition coefficient (Wildman–Crippen LogP) is -2.29. The zero-order valence-corrected chi connectivity index (χ0v) is 6.13. The smallest absolute Gasteiger partial charge is 0.849 e. The fourth-order valence-corrected chi connectivity index (χ4v) is 0.772. The Kier molecular flexibility index (Phi) is 4.30. The van der Waals surface area contributed by atoms with E-state index in [0.717, 1.165) is 12.8 Å². The minimum atomic E-state index is -0.403. The fraction of sp³-hybridized carbons (Fsp3) is 0.714. The van der Waals surface area contributed by atoms with Gasteiger partial charge in [-0.25, -0.2) is 0 Å². The molecule has 0 aliphatic heterocycles. The molecule has 1 aliphatic rings. The van der Waals surface area contributed by atoms with Crippen LogP contribution in [-0.2, 0) is 0 Å². The van der Waals surface area contributed by atoms with E-state index in [1.54, 1.807) is 6.08 Å². The Labute approximate surface area is 68.3 Å². The van der Waals surface area contributed by atoms with Gasteiger partial charge in [0.1, 0.15) is 0 Å². The van der Waals surface area contributed by atoms with E-state index in [4.69, 9.17) is 0 Å². The quantitative estimate of drug-likeness (QED) is 0.295. The SMILES string of the molecule is C/C=C\[C@H]([O-])C1CC1.[Li+]. The van der Waals surface area contributed by atoms with Crippen LogP contribution in [0.1, 0.15) is 19.8 Å². The fourth-order valence-electron chi connectivity index (χ4n) is 0.772. The van der Waals surface area contributed by atoms with E-state index in [0.29, 0.717) is 5.92 Å². The van der Waals surface area contributed by atoms with E-state index in [1.165, 1.54) is 0 Å². The van der Waals surface area contributed by atoms with Gasteiger partial charge in [-0.1, -0.05) is 24.8 Å². The van der Waals surface area contributed by atoms with Gasteiger partial charge in [0, 0.05) is 0 Å². The van der Waals surface area contributed by atoms with Crippen LogP contribution in [-0.4, -0.2) is 6.10 Å². The van der Waals surface area contributed by atoms with Crippen molar-refractivity contribution in [3.05, 3.63) is 12.2 Å². The molecule has 0 bridgehead atoms. The molecule has 1 saturated carbocycles. The van der Waals surface area contributed by atoms with Crippen molar-refractivity contribution in [1.82, 2.24) is 0 Å². The third-order valence-corrected chi connectivity index (χ3v) is 1.47. The average Bonchev–Trinajstić information content (AvgIpc) is 2.45. The van der Waals surface area contributed by atoms with Crippen LogP contribution in [0.15, 0.2) is 12.2 Å². The van der Waals surface area contributed by atoms with E-state index < -0.39 is 6.10 Å². The van der Waals surface area contributed by atoms with Crippen LogP contribution in [0.25, 0.3) is 0 Å². The van der Waals surface area contributed by atoms with E-state index >= 15 is 0 Å². The molecule has 0 amide bonds. The molecule has 1 rings (SSSR count). The second kappa shape index (κ2) is 4.17. The van der Waals surface area contributed by atoms with Gasteiger partial charge in [0.05, 0.1) is 0 Å². The van der Waals surface area contributed by atoms with Crippen LogP contribution in [0.5, 0.6) is 0 Å². The summed E-state index contributed by atoms with van der Waals surface area (Å²) in [6, 6.07) is 0. The van der Waals surface area contributed by atoms with Crippen molar-refractivity contribution < 1.29 is 24.0 Å². The van der Waals surface area contributed by atoms with Crippen molar-refractivity contribution in [2.45, 2.75) is 25.9 Å². The molecule has 1 fully saturated rings. The third-order valence-electron chi connectivity index (χ3n) is 1.47. The van der Waals surface area contributed by atoms with Crippen LogP contribution in [0.3, 0.4) is 0 Å². The summed E-state index contributed by atoms with van der Waals surface area (Å²) in [6.07, 6.45) is 5.49. The van der Waals surface area contributed by atoms with Crippen molar-refractivity contribution in [2.75, 3.05) is 0 Å². The first-order valence-electron chi connectivity index (χ1n) is 3.13. The van der Waals surface area contributed by atoms with Gasteiger partial charge in [-0.15, -0.1) is 12.2 Å². The minimum Gasteiger partial charge on any atom is -0.849 e. The molecule has 1 atom stereocenters. The summed E-state index contributed by atoms with van der Waals surface area (Å²) in [5.74, 6) is 0.478. The third kappa shape index (κ3) is 3.10. The Hall–Kier alpha value is 0.297. The van der Waals surface area contributed by atoms with Crippen LogP contribution in [0, 0.1) is 5.92 Å². The van der Waals surface area contributed by atoms with Crippen molar-refractivity contribution in [2.24, 2.45) is 5.92 Å². The molecule has 0 saturated heterocycles. The summed E-state index contributed by atoms with van der Waals surface area (Å²) in [4.78, 5) is 0. The monoisotopic (exact) mass is 118 g/mol. The molecule has 1 nitrogen and oxygen atoms in total. The number of hydrogen-bond donors (Lipinski definition) is 0. The number of hydrogen-bond acceptors (Lipinski definition) is 1. The largest absolute Gasteiger partial charge is 1.00 e. The van der Waals surface area contributed by atoms with Crippen LogP contribution < -0.4 is 24.0 Å². The Balaban J connectivity index is 0.000000640. The molecule has 9 heavy (non-hydrogen) atoms. The number of rotatable bonds is 2. The van der Waals surface area contributed by atoms with Gasteiger partial charge in [0.2, 0.25) is 0 Å². The number of allylic oxidation sites excluding steroid dienone is 1. The standard InChI is InChI=1S/C7H11O.Li/c1-2-3-7(8)6-4-5-6;/h2-3,6-7H,4-5H2,1H3;/q-1;+1/b3-2-;/t7-;/m0./s1. The van der Waals surface area contributed by atoms with E-state index in [1.807, 2.05) is 13.0 Å². The van der Waals surface area contributed by atoms with Gasteiger partial charge in [-0.2, -0.15) is 0 Å². The van der Waals surface area contributed by atoms with Gasteiger partial charge in [0.25, 0.3) is 0 Å². The summed E-state index contributed by atoms with van der Waals surface area (Å²) >= 11 is 0. The minimum absolute atomic E-state index is 0. The first-order chi connectivity index (χ1) is 3.84. The molecule has 0 spiro atoms. The van der Waals surface area contributed by atoms with Crippen LogP contribution in [0.4, 0.5) is 0 Å². The molecular formula is C7H11LiO. The second-order valence-electron chi connectivity index (χ2n) is 2.33. The maximum atomic E-state index is 10.8.